The van der Waals surface area contributed by atoms with Crippen molar-refractivity contribution < 1.29 is 18.3 Å². The van der Waals surface area contributed by atoms with Gasteiger partial charge in [0.2, 0.25) is 6.17 Å². The summed E-state index contributed by atoms with van der Waals surface area (Å²) in [5.41, 5.74) is 0. The van der Waals surface area contributed by atoms with Gasteiger partial charge in [0.1, 0.15) is 0 Å². The molecule has 1 atom stereocenters. The number of hydrogen-bond acceptors (Lipinski definition) is 0. The molecule has 0 fully saturated rings. The average Bonchev–Trinajstić information content (AvgIpc) is 1.83. The lowest BCUT2D eigenvalue weighted by molar-refractivity contribution is -0.0350. The number of hydrogen-bond donors (Lipinski definition) is 0. The van der Waals surface area contributed by atoms with Gasteiger partial charge in [-0.15, -0.1) is 0 Å². The van der Waals surface area contributed by atoms with E-state index in [-0.39, 0.29) is 0 Å². The predicted molar refractivity (Wildman–Crippen MR) is 27.8 cm³/mol. The molecule has 1 aliphatic rings. The van der Waals surface area contributed by atoms with E-state index in [0.29, 0.717) is 6.08 Å². The van der Waals surface area contributed by atoms with Crippen LogP contribution in [0, 0.1) is 0 Å². The fourth-order valence-corrected chi connectivity index (χ4v) is 0.630. The van der Waals surface area contributed by atoms with E-state index >= 15 is 0 Å². The summed E-state index contributed by atoms with van der Waals surface area (Å²) in [6, 6.07) is 0. The maximum Gasteiger partial charge on any atom is 0.304 e. The van der Waals surface area contributed by atoms with Crippen LogP contribution in [0.25, 0.3) is 0 Å². The summed E-state index contributed by atoms with van der Waals surface area (Å²) in [6.07, 6.45) is -0.669. The number of rotatable bonds is 0. The van der Waals surface area contributed by atoms with Gasteiger partial charge in [0.15, 0.2) is 5.76 Å². The van der Waals surface area contributed by atoms with Crippen molar-refractivity contribution in [3.8, 4) is 0 Å². The van der Waals surface area contributed by atoms with Crippen molar-refractivity contribution in [1.82, 2.24) is 0 Å². The van der Waals surface area contributed by atoms with Crippen LogP contribution in [0.2, 0.25) is 0 Å². The van der Waals surface area contributed by atoms with Gasteiger partial charge in [0, 0.05) is 0 Å². The Morgan fingerprint density at radius 1 is 1.50 bits per heavy atom. The molecule has 1 rings (SSSR count). The standard InChI is InChI=1S/C6H4F3O/c7-5-4(10)2-1-3-6(5,8)9/h1-3,5H. The molecule has 0 bridgehead atoms. The topological polar surface area (TPSA) is 19.9 Å². The van der Waals surface area contributed by atoms with Crippen molar-refractivity contribution in [1.29, 1.82) is 0 Å². The maximum absolute atomic E-state index is 12.2. The molecule has 0 aromatic heterocycles. The van der Waals surface area contributed by atoms with Crippen molar-refractivity contribution in [2.24, 2.45) is 0 Å². The van der Waals surface area contributed by atoms with Crippen molar-refractivity contribution in [3.63, 3.8) is 0 Å². The van der Waals surface area contributed by atoms with Gasteiger partial charge in [-0.3, -0.25) is 5.11 Å². The average molecular weight is 149 g/mol. The highest BCUT2D eigenvalue weighted by Gasteiger charge is 2.42. The van der Waals surface area contributed by atoms with Crippen molar-refractivity contribution >= 4 is 0 Å². The predicted octanol–water partition coefficient (Wildman–Crippen LogP) is 1.84. The molecule has 0 spiro atoms. The van der Waals surface area contributed by atoms with Gasteiger partial charge in [-0.2, -0.15) is 8.78 Å². The number of halogens is 3. The van der Waals surface area contributed by atoms with Crippen LogP contribution in [0.3, 0.4) is 0 Å². The van der Waals surface area contributed by atoms with Crippen LogP contribution < -0.4 is 0 Å². The summed E-state index contributed by atoms with van der Waals surface area (Å²) in [6.45, 7) is 0. The van der Waals surface area contributed by atoms with E-state index in [4.69, 9.17) is 0 Å². The van der Waals surface area contributed by atoms with Crippen LogP contribution in [-0.4, -0.2) is 12.1 Å². The van der Waals surface area contributed by atoms with Crippen LogP contribution in [0.1, 0.15) is 0 Å². The molecular weight excluding hydrogens is 145 g/mol. The quantitative estimate of drug-likeness (QED) is 0.500. The summed E-state index contributed by atoms with van der Waals surface area (Å²) in [7, 11) is 0. The molecule has 55 valence electrons. The summed E-state index contributed by atoms with van der Waals surface area (Å²) in [4.78, 5) is 0. The zero-order valence-corrected chi connectivity index (χ0v) is 4.85. The molecule has 0 saturated carbocycles. The molecule has 0 aromatic rings. The van der Waals surface area contributed by atoms with Crippen LogP contribution in [0.5, 0.6) is 0 Å². The van der Waals surface area contributed by atoms with Gasteiger partial charge >= 0.3 is 5.92 Å². The molecule has 1 nitrogen and oxygen atoms in total. The van der Waals surface area contributed by atoms with E-state index in [1.807, 2.05) is 0 Å². The molecule has 0 aliphatic heterocycles. The molecule has 1 unspecified atom stereocenters. The van der Waals surface area contributed by atoms with E-state index in [2.05, 4.69) is 0 Å². The lowest BCUT2D eigenvalue weighted by Gasteiger charge is -2.16. The lowest BCUT2D eigenvalue weighted by Crippen LogP contribution is -2.30. The van der Waals surface area contributed by atoms with Crippen LogP contribution in [0.4, 0.5) is 13.2 Å². The summed E-state index contributed by atoms with van der Waals surface area (Å²) < 4.78 is 36.5. The summed E-state index contributed by atoms with van der Waals surface area (Å²) >= 11 is 0. The fraction of sp³-hybridized carbons (Fsp3) is 0.333. The van der Waals surface area contributed by atoms with E-state index < -0.39 is 17.9 Å². The Labute approximate surface area is 55.5 Å². The Kier molecular flexibility index (Phi) is 1.46. The van der Waals surface area contributed by atoms with E-state index in [0.717, 1.165) is 12.2 Å². The second-order valence-corrected chi connectivity index (χ2v) is 1.97. The Balaban J connectivity index is 2.89. The summed E-state index contributed by atoms with van der Waals surface area (Å²) in [5.74, 6) is -4.79. The minimum atomic E-state index is -3.62. The smallest absolute Gasteiger partial charge is 0.291 e. The molecule has 1 aliphatic carbocycles. The highest BCUT2D eigenvalue weighted by molar-refractivity contribution is 5.23. The second-order valence-electron chi connectivity index (χ2n) is 1.97. The number of allylic oxidation sites excluding steroid dienone is 4. The first-order valence-corrected chi connectivity index (χ1v) is 2.62. The largest absolute Gasteiger partial charge is 0.304 e. The van der Waals surface area contributed by atoms with Gasteiger partial charge in [0.05, 0.1) is 0 Å². The minimum Gasteiger partial charge on any atom is -0.291 e. The monoisotopic (exact) mass is 149 g/mol. The third-order valence-electron chi connectivity index (χ3n) is 1.17. The Morgan fingerprint density at radius 2 is 2.10 bits per heavy atom. The fourth-order valence-electron chi connectivity index (χ4n) is 0.630. The van der Waals surface area contributed by atoms with E-state index in [9.17, 15) is 18.3 Å². The normalized spacial score (nSPS) is 29.9. The van der Waals surface area contributed by atoms with E-state index in [1.165, 1.54) is 0 Å². The molecule has 0 amide bonds. The van der Waals surface area contributed by atoms with Crippen LogP contribution in [0.15, 0.2) is 24.0 Å². The zero-order chi connectivity index (χ0) is 7.78. The SMILES string of the molecule is [O]C1=CC=CC(F)(F)C1F. The van der Waals surface area contributed by atoms with Gasteiger partial charge in [-0.1, -0.05) is 6.08 Å². The number of alkyl halides is 3. The van der Waals surface area contributed by atoms with Crippen LogP contribution >= 0.6 is 0 Å². The first kappa shape index (κ1) is 7.18. The molecule has 1 radical (unpaired) electrons. The molecule has 10 heavy (non-hydrogen) atoms. The van der Waals surface area contributed by atoms with Gasteiger partial charge in [-0.25, -0.2) is 4.39 Å². The Hall–Kier alpha value is -0.930. The molecule has 0 heterocycles. The van der Waals surface area contributed by atoms with Gasteiger partial charge in [-0.05, 0) is 12.2 Å². The van der Waals surface area contributed by atoms with Gasteiger partial charge < -0.3 is 0 Å². The molecular formula is C6H4F3O. The molecule has 0 aromatic carbocycles. The second kappa shape index (κ2) is 2.04. The lowest BCUT2D eigenvalue weighted by atomic mass is 10.1. The molecule has 0 N–H and O–H groups in total. The van der Waals surface area contributed by atoms with Crippen molar-refractivity contribution in [2.45, 2.75) is 12.1 Å². The highest BCUT2D eigenvalue weighted by Crippen LogP contribution is 2.30. The van der Waals surface area contributed by atoms with Crippen molar-refractivity contribution in [2.75, 3.05) is 0 Å². The third kappa shape index (κ3) is 1.01. The minimum absolute atomic E-state index is 0.374. The molecule has 4 heteroatoms. The van der Waals surface area contributed by atoms with Crippen molar-refractivity contribution in [3.05, 3.63) is 24.0 Å². The van der Waals surface area contributed by atoms with E-state index in [1.54, 1.807) is 0 Å². The first-order chi connectivity index (χ1) is 4.54. The van der Waals surface area contributed by atoms with Crippen LogP contribution in [-0.2, 0) is 5.11 Å². The Morgan fingerprint density at radius 3 is 2.50 bits per heavy atom. The molecule has 0 saturated heterocycles. The third-order valence-corrected chi connectivity index (χ3v) is 1.17. The summed E-state index contributed by atoms with van der Waals surface area (Å²) in [5, 5.41) is 10.2. The first-order valence-electron chi connectivity index (χ1n) is 2.62. The maximum atomic E-state index is 12.2. The Bertz CT molecular complexity index is 195. The zero-order valence-electron chi connectivity index (χ0n) is 4.85. The van der Waals surface area contributed by atoms with Gasteiger partial charge in [0.25, 0.3) is 0 Å². The highest BCUT2D eigenvalue weighted by atomic mass is 19.3.